The minimum absolute atomic E-state index is 0.00353. The third-order valence-corrected chi connectivity index (χ3v) is 3.95. The molecule has 1 aliphatic heterocycles. The van der Waals surface area contributed by atoms with Crippen LogP contribution in [0.4, 0.5) is 9.59 Å². The van der Waals surface area contributed by atoms with E-state index in [9.17, 15) is 14.4 Å². The highest BCUT2D eigenvalue weighted by atomic mass is 17.2. The second-order valence-corrected chi connectivity index (χ2v) is 6.79. The van der Waals surface area contributed by atoms with Gasteiger partial charge in [-0.1, -0.05) is 13.5 Å². The third-order valence-electron chi connectivity index (χ3n) is 3.95. The summed E-state index contributed by atoms with van der Waals surface area (Å²) in [6.07, 6.45) is -1.93. The summed E-state index contributed by atoms with van der Waals surface area (Å²) in [4.78, 5) is 45.5. The molecule has 2 N–H and O–H groups in total. The molecule has 1 rings (SSSR count). The second-order valence-electron chi connectivity index (χ2n) is 6.79. The van der Waals surface area contributed by atoms with Gasteiger partial charge in [0.1, 0.15) is 32.2 Å². The van der Waals surface area contributed by atoms with Crippen molar-refractivity contribution in [3.05, 3.63) is 12.3 Å². The predicted octanol–water partition coefficient (Wildman–Crippen LogP) is 1.28. The summed E-state index contributed by atoms with van der Waals surface area (Å²) >= 11 is 0. The maximum Gasteiger partial charge on any atom is 0.407 e. The first-order valence-corrected chi connectivity index (χ1v) is 9.32. The van der Waals surface area contributed by atoms with Gasteiger partial charge in [0.25, 0.3) is 0 Å². The number of alkyl carbamates (subject to hydrolysis) is 2. The topological polar surface area (TPSA) is 131 Å². The summed E-state index contributed by atoms with van der Waals surface area (Å²) in [7, 11) is 0. The average molecular weight is 418 g/mol. The number of cyclic esters (lactones) is 2. The van der Waals surface area contributed by atoms with Gasteiger partial charge in [-0.2, -0.15) is 0 Å². The zero-order valence-electron chi connectivity index (χ0n) is 17.1. The molecule has 0 aromatic rings. The Morgan fingerprint density at radius 2 is 1.83 bits per heavy atom. The van der Waals surface area contributed by atoms with Crippen molar-refractivity contribution in [1.29, 1.82) is 0 Å². The number of carbonyl (C=O) groups excluding carboxylic acids is 3. The van der Waals surface area contributed by atoms with Crippen LogP contribution in [0, 0.1) is 5.41 Å². The van der Waals surface area contributed by atoms with Crippen molar-refractivity contribution >= 4 is 18.2 Å². The number of amides is 2. The van der Waals surface area contributed by atoms with Crippen LogP contribution in [0.25, 0.3) is 0 Å². The van der Waals surface area contributed by atoms with Crippen LogP contribution >= 0.6 is 0 Å². The smallest absolute Gasteiger partial charge is 0.407 e. The SMILES string of the molecule is C=C1COOCCNC(=O)OC(COC(=O)C(C)(C)CC)COC(=O)NCCO1. The quantitative estimate of drug-likeness (QED) is 0.394. The zero-order chi connectivity index (χ0) is 21.7. The fourth-order valence-electron chi connectivity index (χ4n) is 1.79. The molecule has 0 aromatic carbocycles. The lowest BCUT2D eigenvalue weighted by atomic mass is 9.91. The lowest BCUT2D eigenvalue weighted by Gasteiger charge is -2.23. The first-order valence-electron chi connectivity index (χ1n) is 9.32. The van der Waals surface area contributed by atoms with E-state index in [0.29, 0.717) is 12.2 Å². The minimum atomic E-state index is -0.985. The minimum Gasteiger partial charge on any atom is -0.494 e. The van der Waals surface area contributed by atoms with Crippen molar-refractivity contribution in [1.82, 2.24) is 10.6 Å². The number of carbonyl (C=O) groups is 3. The summed E-state index contributed by atoms with van der Waals surface area (Å²) in [5, 5.41) is 4.91. The highest BCUT2D eigenvalue weighted by Crippen LogP contribution is 2.21. The van der Waals surface area contributed by atoms with Gasteiger partial charge in [-0.3, -0.25) is 4.79 Å². The molecule has 1 aliphatic rings. The molecule has 2 amide bonds. The van der Waals surface area contributed by atoms with E-state index in [4.69, 9.17) is 28.7 Å². The summed E-state index contributed by atoms with van der Waals surface area (Å²) < 4.78 is 20.7. The van der Waals surface area contributed by atoms with Crippen LogP contribution in [0.5, 0.6) is 0 Å². The number of ether oxygens (including phenoxy) is 4. The van der Waals surface area contributed by atoms with Crippen LogP contribution in [-0.2, 0) is 33.5 Å². The van der Waals surface area contributed by atoms with Crippen LogP contribution in [0.2, 0.25) is 0 Å². The van der Waals surface area contributed by atoms with E-state index in [2.05, 4.69) is 17.2 Å². The van der Waals surface area contributed by atoms with Crippen LogP contribution in [-0.4, -0.2) is 70.4 Å². The van der Waals surface area contributed by atoms with Gasteiger partial charge in [0, 0.05) is 6.54 Å². The molecule has 0 aromatic heterocycles. The Morgan fingerprint density at radius 1 is 1.14 bits per heavy atom. The van der Waals surface area contributed by atoms with Gasteiger partial charge in [-0.25, -0.2) is 19.4 Å². The monoisotopic (exact) mass is 418 g/mol. The molecule has 0 bridgehead atoms. The highest BCUT2D eigenvalue weighted by molar-refractivity contribution is 5.75. The first-order chi connectivity index (χ1) is 13.7. The van der Waals surface area contributed by atoms with Gasteiger partial charge in [-0.15, -0.1) is 0 Å². The van der Waals surface area contributed by atoms with Crippen molar-refractivity contribution in [2.45, 2.75) is 33.3 Å². The Hall–Kier alpha value is -2.53. The van der Waals surface area contributed by atoms with Gasteiger partial charge in [-0.05, 0) is 20.3 Å². The fraction of sp³-hybridized carbons (Fsp3) is 0.722. The number of hydrogen-bond acceptors (Lipinski definition) is 9. The average Bonchev–Trinajstić information content (AvgIpc) is 2.69. The summed E-state index contributed by atoms with van der Waals surface area (Å²) in [5.74, 6) is -0.131. The second kappa shape index (κ2) is 12.8. The molecule has 0 radical (unpaired) electrons. The lowest BCUT2D eigenvalue weighted by molar-refractivity contribution is -0.290. The fourth-order valence-corrected chi connectivity index (χ4v) is 1.79. The highest BCUT2D eigenvalue weighted by Gasteiger charge is 2.29. The molecule has 11 heteroatoms. The number of esters is 1. The number of hydrogen-bond donors (Lipinski definition) is 2. The number of rotatable bonds is 4. The van der Waals surface area contributed by atoms with E-state index in [0.717, 1.165) is 0 Å². The molecule has 1 atom stereocenters. The predicted molar refractivity (Wildman–Crippen MR) is 99.6 cm³/mol. The largest absolute Gasteiger partial charge is 0.494 e. The van der Waals surface area contributed by atoms with Crippen molar-refractivity contribution in [3.8, 4) is 0 Å². The van der Waals surface area contributed by atoms with Crippen LogP contribution in [0.3, 0.4) is 0 Å². The van der Waals surface area contributed by atoms with Crippen LogP contribution < -0.4 is 10.6 Å². The van der Waals surface area contributed by atoms with Gasteiger partial charge in [0.05, 0.1) is 18.6 Å². The Kier molecular flexibility index (Phi) is 10.8. The Bertz CT molecular complexity index is 566. The van der Waals surface area contributed by atoms with Crippen LogP contribution in [0.1, 0.15) is 27.2 Å². The van der Waals surface area contributed by atoms with E-state index in [1.165, 1.54) is 0 Å². The molecule has 0 spiro atoms. The molecule has 1 unspecified atom stereocenters. The molecule has 166 valence electrons. The first kappa shape index (κ1) is 24.5. The van der Waals surface area contributed by atoms with Crippen molar-refractivity contribution < 1.29 is 43.1 Å². The maximum absolute atomic E-state index is 12.1. The van der Waals surface area contributed by atoms with Gasteiger partial charge < -0.3 is 29.6 Å². The van der Waals surface area contributed by atoms with E-state index in [-0.39, 0.29) is 46.1 Å². The summed E-state index contributed by atoms with van der Waals surface area (Å²) in [6, 6.07) is 0. The molecular formula is C18H30N2O9. The molecule has 0 saturated carbocycles. The van der Waals surface area contributed by atoms with Gasteiger partial charge >= 0.3 is 18.2 Å². The van der Waals surface area contributed by atoms with Crippen molar-refractivity contribution in [2.75, 3.05) is 46.1 Å². The maximum atomic E-state index is 12.1. The molecular weight excluding hydrogens is 388 g/mol. The normalized spacial score (nSPS) is 20.8. The Balaban J connectivity index is 2.63. The van der Waals surface area contributed by atoms with E-state index in [1.54, 1.807) is 13.8 Å². The van der Waals surface area contributed by atoms with Crippen molar-refractivity contribution in [2.24, 2.45) is 5.41 Å². The molecule has 1 saturated heterocycles. The summed E-state index contributed by atoms with van der Waals surface area (Å²) in [5.41, 5.74) is -0.682. The molecule has 29 heavy (non-hydrogen) atoms. The van der Waals surface area contributed by atoms with E-state index in [1.807, 2.05) is 6.92 Å². The van der Waals surface area contributed by atoms with E-state index < -0.39 is 29.7 Å². The lowest BCUT2D eigenvalue weighted by Crippen LogP contribution is -2.39. The Morgan fingerprint density at radius 3 is 2.55 bits per heavy atom. The zero-order valence-corrected chi connectivity index (χ0v) is 17.1. The van der Waals surface area contributed by atoms with Crippen LogP contribution in [0.15, 0.2) is 12.3 Å². The molecule has 11 nitrogen and oxygen atoms in total. The van der Waals surface area contributed by atoms with E-state index >= 15 is 0 Å². The number of nitrogens with one attached hydrogen (secondary N) is 2. The van der Waals surface area contributed by atoms with Crippen molar-refractivity contribution in [3.63, 3.8) is 0 Å². The molecule has 0 aliphatic carbocycles. The van der Waals surface area contributed by atoms with Gasteiger partial charge in [0.2, 0.25) is 0 Å². The Labute approximate surface area is 169 Å². The van der Waals surface area contributed by atoms with Gasteiger partial charge in [0.15, 0.2) is 6.10 Å². The molecule has 1 heterocycles. The summed E-state index contributed by atoms with van der Waals surface area (Å²) in [6.45, 7) is 8.88. The third kappa shape index (κ3) is 10.5. The molecule has 1 fully saturated rings. The standard InChI is InChI=1S/C18H30N2O9/c1-5-18(3,4)15(21)25-11-14-12-26-16(22)19-6-8-24-13(2)10-28-27-9-7-20-17(23)29-14/h14H,2,5-12H2,1,3-4H3,(H,19,22)(H,20,23).